The Morgan fingerprint density at radius 2 is 1.81 bits per heavy atom. The number of hydrogen-bond acceptors (Lipinski definition) is 7. The number of anilines is 2. The average molecular weight is 445 g/mol. The highest BCUT2D eigenvalue weighted by Gasteiger charge is 2.30. The second-order valence-electron chi connectivity index (χ2n) is 8.43. The molecule has 0 bridgehead atoms. The zero-order valence-electron chi connectivity index (χ0n) is 18.7. The Hall–Kier alpha value is -3.30. The second-order valence-corrected chi connectivity index (χ2v) is 8.43. The van der Waals surface area contributed by atoms with Gasteiger partial charge in [0.2, 0.25) is 11.8 Å². The third-order valence-corrected chi connectivity index (χ3v) is 5.79. The van der Waals surface area contributed by atoms with E-state index < -0.39 is 11.0 Å². The van der Waals surface area contributed by atoms with Crippen LogP contribution < -0.4 is 15.5 Å². The molecule has 0 radical (unpaired) electrons. The van der Waals surface area contributed by atoms with Gasteiger partial charge in [0.05, 0.1) is 11.5 Å². The van der Waals surface area contributed by atoms with Gasteiger partial charge in [0.1, 0.15) is 6.04 Å². The molecule has 2 fully saturated rings. The summed E-state index contributed by atoms with van der Waals surface area (Å²) in [6.45, 7) is 2.07. The summed E-state index contributed by atoms with van der Waals surface area (Å²) >= 11 is 0. The van der Waals surface area contributed by atoms with Crippen LogP contribution in [0.15, 0.2) is 36.3 Å². The maximum Gasteiger partial charge on any atom is 0.274 e. The second kappa shape index (κ2) is 10.8. The van der Waals surface area contributed by atoms with E-state index in [2.05, 4.69) is 10.6 Å². The molecule has 0 spiro atoms. The van der Waals surface area contributed by atoms with Crippen LogP contribution >= 0.6 is 0 Å². The Morgan fingerprint density at radius 1 is 1.16 bits per heavy atom. The van der Waals surface area contributed by atoms with Gasteiger partial charge in [-0.15, -0.1) is 0 Å². The molecule has 1 aromatic rings. The van der Waals surface area contributed by atoms with E-state index in [1.54, 1.807) is 9.80 Å². The molecule has 2 aliphatic heterocycles. The summed E-state index contributed by atoms with van der Waals surface area (Å²) in [5.41, 5.74) is 1.67. The lowest BCUT2D eigenvalue weighted by Crippen LogP contribution is -2.49. The highest BCUT2D eigenvalue weighted by molar-refractivity contribution is 5.88. The molecule has 0 aliphatic carbocycles. The van der Waals surface area contributed by atoms with Crippen LogP contribution in [0.5, 0.6) is 0 Å². The monoisotopic (exact) mass is 444 g/mol. The normalized spacial score (nSPS) is 19.5. The summed E-state index contributed by atoms with van der Waals surface area (Å²) in [5.74, 6) is -0.0932. The maximum absolute atomic E-state index is 13.2. The minimum atomic E-state index is -0.636. The minimum Gasteiger partial charge on any atom is -0.378 e. The molecule has 1 atom stereocenters. The molecule has 32 heavy (non-hydrogen) atoms. The van der Waals surface area contributed by atoms with Gasteiger partial charge < -0.3 is 25.3 Å². The third kappa shape index (κ3) is 6.35. The standard InChI is InChI=1S/C22H32N6O4/c1-25(2)18-10-8-17(9-11-18)23-20(15-28(31)32)24-19-7-3-4-14-27(22(19)30)16-21(29)26-12-5-6-13-26/h8-11,15,19,23-24H,3-7,12-14,16H2,1-2H3/b20-15-. The number of nitrogens with zero attached hydrogens (tertiary/aromatic N) is 4. The van der Waals surface area contributed by atoms with Crippen LogP contribution in [0.25, 0.3) is 0 Å². The van der Waals surface area contributed by atoms with Crippen molar-refractivity contribution < 1.29 is 14.5 Å². The van der Waals surface area contributed by atoms with E-state index in [0.717, 1.165) is 50.7 Å². The largest absolute Gasteiger partial charge is 0.378 e. The predicted molar refractivity (Wildman–Crippen MR) is 123 cm³/mol. The first kappa shape index (κ1) is 23.4. The Morgan fingerprint density at radius 3 is 2.44 bits per heavy atom. The van der Waals surface area contributed by atoms with Gasteiger partial charge in [0.15, 0.2) is 5.82 Å². The van der Waals surface area contributed by atoms with Crippen molar-refractivity contribution in [2.75, 3.05) is 50.5 Å². The van der Waals surface area contributed by atoms with Crippen LogP contribution in [-0.4, -0.2) is 72.9 Å². The number of hydrogen-bond donors (Lipinski definition) is 2. The molecular formula is C22H32N6O4. The van der Waals surface area contributed by atoms with Crippen LogP contribution in [0.4, 0.5) is 11.4 Å². The first-order chi connectivity index (χ1) is 15.3. The third-order valence-electron chi connectivity index (χ3n) is 5.79. The first-order valence-corrected chi connectivity index (χ1v) is 11.1. The van der Waals surface area contributed by atoms with Gasteiger partial charge in [-0.2, -0.15) is 0 Å². The molecule has 2 saturated heterocycles. The lowest BCUT2D eigenvalue weighted by atomic mass is 10.1. The molecule has 1 unspecified atom stereocenters. The van der Waals surface area contributed by atoms with Crippen molar-refractivity contribution in [3.8, 4) is 0 Å². The Labute approximate surface area is 188 Å². The number of nitrogens with one attached hydrogen (secondary N) is 2. The van der Waals surface area contributed by atoms with E-state index in [9.17, 15) is 19.7 Å². The summed E-state index contributed by atoms with van der Waals surface area (Å²) in [4.78, 5) is 41.7. The summed E-state index contributed by atoms with van der Waals surface area (Å²) in [7, 11) is 3.86. The van der Waals surface area contributed by atoms with Crippen LogP contribution in [0.2, 0.25) is 0 Å². The zero-order chi connectivity index (χ0) is 23.1. The van der Waals surface area contributed by atoms with Gasteiger partial charge in [0, 0.05) is 45.1 Å². The van der Waals surface area contributed by atoms with Crippen molar-refractivity contribution >= 4 is 23.2 Å². The van der Waals surface area contributed by atoms with Crippen LogP contribution in [-0.2, 0) is 9.59 Å². The van der Waals surface area contributed by atoms with Crippen molar-refractivity contribution in [2.24, 2.45) is 0 Å². The van der Waals surface area contributed by atoms with Gasteiger partial charge in [-0.05, 0) is 56.4 Å². The SMILES string of the molecule is CN(C)c1ccc(N/C(=C/[N+](=O)[O-])NC2CCCCN(CC(=O)N3CCCC3)C2=O)cc1. The van der Waals surface area contributed by atoms with Crippen LogP contribution in [0, 0.1) is 10.1 Å². The number of rotatable bonds is 8. The van der Waals surface area contributed by atoms with Crippen molar-refractivity contribution in [1.82, 2.24) is 15.1 Å². The summed E-state index contributed by atoms with van der Waals surface area (Å²) in [6.07, 6.45) is 4.97. The highest BCUT2D eigenvalue weighted by atomic mass is 16.6. The smallest absolute Gasteiger partial charge is 0.274 e. The zero-order valence-corrected chi connectivity index (χ0v) is 18.7. The molecule has 3 rings (SSSR count). The van der Waals surface area contributed by atoms with E-state index in [1.165, 1.54) is 0 Å². The Balaban J connectivity index is 1.69. The molecule has 10 heteroatoms. The van der Waals surface area contributed by atoms with E-state index in [-0.39, 0.29) is 24.2 Å². The number of amides is 2. The summed E-state index contributed by atoms with van der Waals surface area (Å²) < 4.78 is 0. The highest BCUT2D eigenvalue weighted by Crippen LogP contribution is 2.19. The topological polar surface area (TPSA) is 111 Å². The molecule has 174 valence electrons. The number of likely N-dealkylation sites (tertiary alicyclic amines) is 2. The quantitative estimate of drug-likeness (QED) is 0.465. The van der Waals surface area contributed by atoms with Gasteiger partial charge in [-0.25, -0.2) is 0 Å². The summed E-state index contributed by atoms with van der Waals surface area (Å²) in [6, 6.07) is 6.80. The molecule has 2 heterocycles. The molecule has 10 nitrogen and oxygen atoms in total. The van der Waals surface area contributed by atoms with Crippen molar-refractivity contribution in [3.63, 3.8) is 0 Å². The van der Waals surface area contributed by atoms with Gasteiger partial charge in [-0.3, -0.25) is 19.7 Å². The summed E-state index contributed by atoms with van der Waals surface area (Å²) in [5, 5.41) is 17.2. The lowest BCUT2D eigenvalue weighted by Gasteiger charge is -2.27. The predicted octanol–water partition coefficient (Wildman–Crippen LogP) is 1.83. The van der Waals surface area contributed by atoms with Crippen molar-refractivity contribution in [1.29, 1.82) is 0 Å². The molecule has 0 saturated carbocycles. The first-order valence-electron chi connectivity index (χ1n) is 11.1. The fourth-order valence-electron chi connectivity index (χ4n) is 4.02. The van der Waals surface area contributed by atoms with Gasteiger partial charge >= 0.3 is 0 Å². The van der Waals surface area contributed by atoms with E-state index in [4.69, 9.17) is 0 Å². The molecular weight excluding hydrogens is 412 g/mol. The van der Waals surface area contributed by atoms with Crippen LogP contribution in [0.3, 0.4) is 0 Å². The lowest BCUT2D eigenvalue weighted by molar-refractivity contribution is -0.403. The number of carbonyl (C=O) groups is 2. The van der Waals surface area contributed by atoms with Crippen molar-refractivity contribution in [2.45, 2.75) is 38.1 Å². The molecule has 2 aliphatic rings. The number of nitro groups is 1. The molecule has 0 aromatic heterocycles. The minimum absolute atomic E-state index is 0.0309. The number of benzene rings is 1. The van der Waals surface area contributed by atoms with E-state index in [0.29, 0.717) is 18.7 Å². The van der Waals surface area contributed by atoms with Crippen LogP contribution in [0.1, 0.15) is 32.1 Å². The molecule has 1 aromatic carbocycles. The molecule has 2 N–H and O–H groups in total. The number of carbonyl (C=O) groups excluding carboxylic acids is 2. The average Bonchev–Trinajstić information content (AvgIpc) is 3.24. The Kier molecular flexibility index (Phi) is 7.91. The van der Waals surface area contributed by atoms with E-state index >= 15 is 0 Å². The fourth-order valence-corrected chi connectivity index (χ4v) is 4.02. The molecule has 2 amide bonds. The van der Waals surface area contributed by atoms with E-state index in [1.807, 2.05) is 43.3 Å². The maximum atomic E-state index is 13.2. The van der Waals surface area contributed by atoms with Gasteiger partial charge in [-0.1, -0.05) is 0 Å². The fraction of sp³-hybridized carbons (Fsp3) is 0.545. The van der Waals surface area contributed by atoms with Gasteiger partial charge in [0.25, 0.3) is 6.20 Å². The Bertz CT molecular complexity index is 848. The van der Waals surface area contributed by atoms with Crippen molar-refractivity contribution in [3.05, 3.63) is 46.4 Å².